The molecular formula is C15H21ClN2O5S. The Morgan fingerprint density at radius 1 is 1.25 bits per heavy atom. The van der Waals surface area contributed by atoms with Crippen LogP contribution in [0.25, 0.3) is 0 Å². The molecule has 0 unspecified atom stereocenters. The highest BCUT2D eigenvalue weighted by Crippen LogP contribution is 2.22. The van der Waals surface area contributed by atoms with Gasteiger partial charge in [-0.05, 0) is 52.9 Å². The molecule has 2 N–H and O–H groups in total. The van der Waals surface area contributed by atoms with Crippen LogP contribution in [0.4, 0.5) is 0 Å². The minimum atomic E-state index is -3.74. The number of hydrogen-bond donors (Lipinski definition) is 2. The van der Waals surface area contributed by atoms with Crippen LogP contribution < -0.4 is 10.0 Å². The van der Waals surface area contributed by atoms with Crippen LogP contribution in [-0.4, -0.2) is 39.0 Å². The largest absolute Gasteiger partial charge is 0.449 e. The minimum absolute atomic E-state index is 0.0264. The molecule has 0 saturated carbocycles. The number of nitrogens with one attached hydrogen (secondary N) is 2. The number of amides is 1. The van der Waals surface area contributed by atoms with Crippen LogP contribution in [0.1, 0.15) is 38.1 Å². The Labute approximate surface area is 146 Å². The number of esters is 1. The third-order valence-corrected chi connectivity index (χ3v) is 4.63. The van der Waals surface area contributed by atoms with Gasteiger partial charge < -0.3 is 10.1 Å². The Balaban J connectivity index is 3.00. The maximum absolute atomic E-state index is 12.2. The predicted molar refractivity (Wildman–Crippen MR) is 90.5 cm³/mol. The van der Waals surface area contributed by atoms with E-state index in [0.717, 1.165) is 6.07 Å². The van der Waals surface area contributed by atoms with Crippen LogP contribution in [0.5, 0.6) is 0 Å². The average molecular weight is 377 g/mol. The molecule has 0 saturated heterocycles. The summed E-state index contributed by atoms with van der Waals surface area (Å²) in [6.07, 6.45) is -1.06. The zero-order chi connectivity index (χ0) is 18.7. The van der Waals surface area contributed by atoms with E-state index in [0.29, 0.717) is 0 Å². The smallest absolute Gasteiger partial charge is 0.340 e. The highest BCUT2D eigenvalue weighted by molar-refractivity contribution is 7.89. The van der Waals surface area contributed by atoms with Gasteiger partial charge in [-0.1, -0.05) is 11.6 Å². The van der Waals surface area contributed by atoms with E-state index in [2.05, 4.69) is 10.0 Å². The van der Waals surface area contributed by atoms with Crippen molar-refractivity contribution < 1.29 is 22.7 Å². The highest BCUT2D eigenvalue weighted by Gasteiger charge is 2.25. The van der Waals surface area contributed by atoms with Crippen LogP contribution in [0.3, 0.4) is 0 Å². The summed E-state index contributed by atoms with van der Waals surface area (Å²) in [6, 6.07) is 3.65. The second kappa shape index (κ2) is 7.50. The molecule has 1 atom stereocenters. The predicted octanol–water partition coefficient (Wildman–Crippen LogP) is 1.71. The number of carbonyl (C=O) groups excluding carboxylic acids is 2. The molecule has 0 spiro atoms. The van der Waals surface area contributed by atoms with E-state index >= 15 is 0 Å². The molecule has 0 heterocycles. The monoisotopic (exact) mass is 376 g/mol. The molecule has 1 rings (SSSR count). The van der Waals surface area contributed by atoms with Crippen molar-refractivity contribution in [2.45, 2.75) is 44.2 Å². The quantitative estimate of drug-likeness (QED) is 0.762. The maximum Gasteiger partial charge on any atom is 0.340 e. The number of hydrogen-bond acceptors (Lipinski definition) is 5. The summed E-state index contributed by atoms with van der Waals surface area (Å²) < 4.78 is 30.8. The van der Waals surface area contributed by atoms with Gasteiger partial charge in [0.05, 0.1) is 15.5 Å². The molecule has 7 nitrogen and oxygen atoms in total. The van der Waals surface area contributed by atoms with Crippen molar-refractivity contribution in [2.24, 2.45) is 0 Å². The number of carbonyl (C=O) groups is 2. The zero-order valence-electron chi connectivity index (χ0n) is 14.1. The lowest BCUT2D eigenvalue weighted by atomic mass is 10.1. The van der Waals surface area contributed by atoms with E-state index in [1.807, 2.05) is 0 Å². The molecule has 0 aliphatic heterocycles. The third-order valence-electron chi connectivity index (χ3n) is 2.89. The van der Waals surface area contributed by atoms with Crippen molar-refractivity contribution in [2.75, 3.05) is 7.05 Å². The molecule has 0 aliphatic carbocycles. The molecule has 0 aromatic heterocycles. The summed E-state index contributed by atoms with van der Waals surface area (Å²) in [5.41, 5.74) is -0.612. The van der Waals surface area contributed by atoms with Crippen LogP contribution in [0.15, 0.2) is 23.1 Å². The van der Waals surface area contributed by atoms with Crippen LogP contribution in [0.2, 0.25) is 5.02 Å². The fourth-order valence-corrected chi connectivity index (χ4v) is 2.65. The van der Waals surface area contributed by atoms with Gasteiger partial charge in [0, 0.05) is 5.54 Å². The molecule has 134 valence electrons. The second-order valence-electron chi connectivity index (χ2n) is 6.14. The molecule has 1 amide bonds. The summed E-state index contributed by atoms with van der Waals surface area (Å²) in [5.74, 6) is -1.35. The van der Waals surface area contributed by atoms with Crippen molar-refractivity contribution in [3.63, 3.8) is 0 Å². The number of rotatable bonds is 5. The standard InChI is InChI=1S/C15H21ClN2O5S/c1-9(13(19)18-15(2,3)4)23-14(20)11-8-10(6-7-12(11)16)24(21,22)17-5/h6-9,17H,1-5H3,(H,18,19)/t9-/m0/s1. The molecular weight excluding hydrogens is 356 g/mol. The van der Waals surface area contributed by atoms with Gasteiger partial charge in [0.15, 0.2) is 6.10 Å². The first-order chi connectivity index (χ1) is 10.9. The van der Waals surface area contributed by atoms with E-state index in [9.17, 15) is 18.0 Å². The van der Waals surface area contributed by atoms with Gasteiger partial charge in [-0.15, -0.1) is 0 Å². The fraction of sp³-hybridized carbons (Fsp3) is 0.467. The fourth-order valence-electron chi connectivity index (χ4n) is 1.69. The average Bonchev–Trinajstić information content (AvgIpc) is 2.45. The number of ether oxygens (including phenoxy) is 1. The van der Waals surface area contributed by atoms with Crippen molar-refractivity contribution >= 4 is 33.5 Å². The summed E-state index contributed by atoms with van der Waals surface area (Å²) >= 11 is 5.94. The van der Waals surface area contributed by atoms with Gasteiger partial charge in [-0.2, -0.15) is 0 Å². The lowest BCUT2D eigenvalue weighted by Crippen LogP contribution is -2.46. The Kier molecular flexibility index (Phi) is 6.38. The summed E-state index contributed by atoms with van der Waals surface area (Å²) in [6.45, 7) is 6.80. The molecule has 0 radical (unpaired) electrons. The molecule has 1 aromatic carbocycles. The first-order valence-electron chi connectivity index (χ1n) is 7.13. The molecule has 9 heteroatoms. The van der Waals surface area contributed by atoms with E-state index in [4.69, 9.17) is 16.3 Å². The molecule has 0 bridgehead atoms. The van der Waals surface area contributed by atoms with Gasteiger partial charge in [0.2, 0.25) is 10.0 Å². The lowest BCUT2D eigenvalue weighted by molar-refractivity contribution is -0.130. The van der Waals surface area contributed by atoms with E-state index < -0.39 is 33.5 Å². The van der Waals surface area contributed by atoms with Crippen molar-refractivity contribution in [1.82, 2.24) is 10.0 Å². The Morgan fingerprint density at radius 3 is 2.33 bits per heavy atom. The van der Waals surface area contributed by atoms with Gasteiger partial charge in [-0.25, -0.2) is 17.9 Å². The van der Waals surface area contributed by atoms with E-state index in [1.54, 1.807) is 20.8 Å². The first-order valence-corrected chi connectivity index (χ1v) is 8.99. The molecule has 0 aliphatic rings. The van der Waals surface area contributed by atoms with Crippen LogP contribution in [-0.2, 0) is 19.6 Å². The van der Waals surface area contributed by atoms with Gasteiger partial charge in [-0.3, -0.25) is 4.79 Å². The lowest BCUT2D eigenvalue weighted by Gasteiger charge is -2.23. The first kappa shape index (κ1) is 20.4. The van der Waals surface area contributed by atoms with E-state index in [1.165, 1.54) is 26.1 Å². The second-order valence-corrected chi connectivity index (χ2v) is 8.43. The van der Waals surface area contributed by atoms with Gasteiger partial charge >= 0.3 is 5.97 Å². The van der Waals surface area contributed by atoms with Gasteiger partial charge in [0.25, 0.3) is 5.91 Å². The third kappa shape index (κ3) is 5.47. The van der Waals surface area contributed by atoms with Gasteiger partial charge in [0.1, 0.15) is 0 Å². The summed E-state index contributed by atoms with van der Waals surface area (Å²) in [5, 5.41) is 2.71. The summed E-state index contributed by atoms with van der Waals surface area (Å²) in [4.78, 5) is 24.0. The van der Waals surface area contributed by atoms with Crippen molar-refractivity contribution in [3.8, 4) is 0 Å². The number of sulfonamides is 1. The van der Waals surface area contributed by atoms with Crippen molar-refractivity contribution in [3.05, 3.63) is 28.8 Å². The number of halogens is 1. The highest BCUT2D eigenvalue weighted by atomic mass is 35.5. The topological polar surface area (TPSA) is 102 Å². The van der Waals surface area contributed by atoms with Crippen molar-refractivity contribution in [1.29, 1.82) is 0 Å². The Bertz CT molecular complexity index is 741. The Morgan fingerprint density at radius 2 is 1.83 bits per heavy atom. The van der Waals surface area contributed by atoms with Crippen LogP contribution in [0, 0.1) is 0 Å². The van der Waals surface area contributed by atoms with Crippen LogP contribution >= 0.6 is 11.6 Å². The SMILES string of the molecule is CNS(=O)(=O)c1ccc(Cl)c(C(=O)O[C@@H](C)C(=O)NC(C)(C)C)c1. The minimum Gasteiger partial charge on any atom is -0.449 e. The normalized spacial score (nSPS) is 13.2. The maximum atomic E-state index is 12.2. The number of benzene rings is 1. The summed E-state index contributed by atoms with van der Waals surface area (Å²) in [7, 11) is -2.48. The molecule has 1 aromatic rings. The zero-order valence-corrected chi connectivity index (χ0v) is 15.7. The Hall–Kier alpha value is -1.64. The molecule has 24 heavy (non-hydrogen) atoms. The van der Waals surface area contributed by atoms with E-state index in [-0.39, 0.29) is 15.5 Å². The molecule has 0 fully saturated rings.